The molecule has 0 saturated heterocycles. The molecule has 152 valence electrons. The minimum absolute atomic E-state index is 0.166. The summed E-state index contributed by atoms with van der Waals surface area (Å²) in [7, 11) is 0. The first kappa shape index (κ1) is 19.5. The average Bonchev–Trinajstić information content (AvgIpc) is 3.29. The normalized spacial score (nSPS) is 39.9. The number of alkyl halides is 6. The molecule has 0 amide bonds. The summed E-state index contributed by atoms with van der Waals surface area (Å²) in [5.41, 5.74) is -4.45. The molecular weight excluding hydrogens is 394 g/mol. The molecule has 4 bridgehead atoms. The van der Waals surface area contributed by atoms with Gasteiger partial charge in [-0.15, -0.1) is 0 Å². The first-order chi connectivity index (χ1) is 12.5. The van der Waals surface area contributed by atoms with Gasteiger partial charge in [0.2, 0.25) is 0 Å². The van der Waals surface area contributed by atoms with E-state index in [-0.39, 0.29) is 17.8 Å². The Kier molecular flexibility index (Phi) is 4.37. The molecule has 0 spiro atoms. The zero-order valence-corrected chi connectivity index (χ0v) is 15.3. The highest BCUT2D eigenvalue weighted by Gasteiger charge is 2.74. The van der Waals surface area contributed by atoms with Gasteiger partial charge in [-0.05, 0) is 61.0 Å². The molecule has 0 aliphatic heterocycles. The summed E-state index contributed by atoms with van der Waals surface area (Å²) in [4.78, 5) is 12.6. The second-order valence-corrected chi connectivity index (χ2v) is 9.15. The summed E-state index contributed by atoms with van der Waals surface area (Å²) >= 11 is 0.361. The summed E-state index contributed by atoms with van der Waals surface area (Å²) < 4.78 is 84.8. The van der Waals surface area contributed by atoms with Gasteiger partial charge in [-0.1, -0.05) is 12.2 Å². The lowest BCUT2D eigenvalue weighted by Crippen LogP contribution is -2.62. The van der Waals surface area contributed by atoms with Crippen LogP contribution in [0.1, 0.15) is 19.3 Å². The number of hydrogen-bond acceptors (Lipinski definition) is 3. The molecule has 27 heavy (non-hydrogen) atoms. The molecule has 7 atom stereocenters. The maximum atomic E-state index is 13.4. The fourth-order valence-electron chi connectivity index (χ4n) is 6.21. The summed E-state index contributed by atoms with van der Waals surface area (Å²) in [6.45, 7) is 0. The highest BCUT2D eigenvalue weighted by molar-refractivity contribution is 7.98. The lowest BCUT2D eigenvalue weighted by molar-refractivity contribution is -0.361. The zero-order valence-electron chi connectivity index (χ0n) is 14.5. The number of hydrogen-bond donors (Lipinski definition) is 0. The van der Waals surface area contributed by atoms with Gasteiger partial charge >= 0.3 is 23.9 Å². The molecule has 3 saturated carbocycles. The molecule has 4 aliphatic rings. The highest BCUT2D eigenvalue weighted by atomic mass is 32.2. The van der Waals surface area contributed by atoms with Gasteiger partial charge in [0.05, 0.1) is 11.7 Å². The van der Waals surface area contributed by atoms with Crippen molar-refractivity contribution >= 4 is 17.7 Å². The molecule has 4 aliphatic carbocycles. The number of esters is 1. The van der Waals surface area contributed by atoms with Gasteiger partial charge in [-0.25, -0.2) is 0 Å². The van der Waals surface area contributed by atoms with E-state index in [0.717, 1.165) is 12.7 Å². The number of halogens is 6. The maximum Gasteiger partial charge on any atom is 0.438 e. The van der Waals surface area contributed by atoms with E-state index in [4.69, 9.17) is 0 Å². The SMILES string of the molecule is CSCC(OC(=O)C1CC2CC1C1C3C=CC(C3)C21)(C(F)(F)F)C(F)(F)F. The van der Waals surface area contributed by atoms with E-state index >= 15 is 0 Å². The van der Waals surface area contributed by atoms with Crippen LogP contribution in [0.25, 0.3) is 0 Å². The van der Waals surface area contributed by atoms with Crippen LogP contribution in [0.5, 0.6) is 0 Å². The van der Waals surface area contributed by atoms with Crippen molar-refractivity contribution in [2.75, 3.05) is 12.0 Å². The predicted molar refractivity (Wildman–Crippen MR) is 86.7 cm³/mol. The van der Waals surface area contributed by atoms with Gasteiger partial charge in [0.25, 0.3) is 0 Å². The van der Waals surface area contributed by atoms with Crippen LogP contribution < -0.4 is 0 Å². The van der Waals surface area contributed by atoms with E-state index in [1.165, 1.54) is 0 Å². The molecule has 0 heterocycles. The van der Waals surface area contributed by atoms with Crippen LogP contribution in [0.3, 0.4) is 0 Å². The van der Waals surface area contributed by atoms with E-state index in [1.54, 1.807) is 0 Å². The molecular formula is C18H20F6O2S. The van der Waals surface area contributed by atoms with Gasteiger partial charge in [-0.2, -0.15) is 38.1 Å². The Morgan fingerprint density at radius 1 is 1.00 bits per heavy atom. The minimum atomic E-state index is -5.72. The van der Waals surface area contributed by atoms with Crippen molar-refractivity contribution in [1.29, 1.82) is 0 Å². The molecule has 0 aromatic carbocycles. The monoisotopic (exact) mass is 414 g/mol. The van der Waals surface area contributed by atoms with E-state index in [0.29, 0.717) is 42.4 Å². The Labute approximate surface area is 157 Å². The lowest BCUT2D eigenvalue weighted by atomic mass is 9.69. The van der Waals surface area contributed by atoms with Gasteiger partial charge in [0.1, 0.15) is 0 Å². The topological polar surface area (TPSA) is 26.3 Å². The van der Waals surface area contributed by atoms with Crippen molar-refractivity contribution < 1.29 is 35.9 Å². The van der Waals surface area contributed by atoms with Crippen molar-refractivity contribution in [2.24, 2.45) is 41.4 Å². The lowest BCUT2D eigenvalue weighted by Gasteiger charge is -2.39. The summed E-state index contributed by atoms with van der Waals surface area (Å²) in [6, 6.07) is 0. The van der Waals surface area contributed by atoms with Gasteiger partial charge < -0.3 is 4.74 Å². The van der Waals surface area contributed by atoms with Crippen LogP contribution in [0.15, 0.2) is 12.2 Å². The second-order valence-electron chi connectivity index (χ2n) is 8.28. The van der Waals surface area contributed by atoms with Crippen molar-refractivity contribution in [2.45, 2.75) is 37.2 Å². The van der Waals surface area contributed by atoms with Crippen LogP contribution in [-0.2, 0) is 9.53 Å². The quantitative estimate of drug-likeness (QED) is 0.285. The van der Waals surface area contributed by atoms with E-state index in [2.05, 4.69) is 16.9 Å². The Bertz CT molecular complexity index is 643. The number of ether oxygens (including phenoxy) is 1. The number of allylic oxidation sites excluding steroid dienone is 2. The molecule has 9 heteroatoms. The minimum Gasteiger partial charge on any atom is -0.438 e. The van der Waals surface area contributed by atoms with Crippen molar-refractivity contribution in [3.05, 3.63) is 12.2 Å². The third kappa shape index (κ3) is 2.66. The Hall–Kier alpha value is -0.860. The van der Waals surface area contributed by atoms with Gasteiger partial charge in [0.15, 0.2) is 0 Å². The molecule has 0 aromatic heterocycles. The smallest absolute Gasteiger partial charge is 0.438 e. The van der Waals surface area contributed by atoms with Crippen LogP contribution in [0.2, 0.25) is 0 Å². The predicted octanol–water partition coefficient (Wildman–Crippen LogP) is 4.85. The summed E-state index contributed by atoms with van der Waals surface area (Å²) in [5.74, 6) is -2.19. The molecule has 0 aromatic rings. The van der Waals surface area contributed by atoms with Crippen LogP contribution in [-0.4, -0.2) is 35.9 Å². The van der Waals surface area contributed by atoms with Crippen LogP contribution >= 0.6 is 11.8 Å². The van der Waals surface area contributed by atoms with Gasteiger partial charge in [0, 0.05) is 0 Å². The van der Waals surface area contributed by atoms with Crippen LogP contribution in [0.4, 0.5) is 26.3 Å². The first-order valence-corrected chi connectivity index (χ1v) is 10.4. The summed E-state index contributed by atoms with van der Waals surface area (Å²) in [5, 5.41) is 0. The average molecular weight is 414 g/mol. The number of carbonyl (C=O) groups excluding carboxylic acids is 1. The Balaban J connectivity index is 1.57. The Morgan fingerprint density at radius 2 is 1.59 bits per heavy atom. The standard InChI is InChI=1S/C18H20F6O2S/c1-27-7-16(17(19,20)21,18(22,23)24)26-15(25)12-6-10-5-11(12)14-9-3-2-8(4-9)13(10)14/h2-3,8-14H,4-7H2,1H3. The fourth-order valence-corrected chi connectivity index (χ4v) is 7.00. The Morgan fingerprint density at radius 3 is 2.15 bits per heavy atom. The molecule has 2 nitrogen and oxygen atoms in total. The van der Waals surface area contributed by atoms with Crippen LogP contribution in [0, 0.1) is 41.4 Å². The zero-order chi connectivity index (χ0) is 19.8. The molecule has 0 N–H and O–H groups in total. The molecule has 3 fully saturated rings. The maximum absolute atomic E-state index is 13.4. The number of fused-ring (bicyclic) bond motifs is 9. The van der Waals surface area contributed by atoms with Crippen molar-refractivity contribution in [3.63, 3.8) is 0 Å². The van der Waals surface area contributed by atoms with Crippen molar-refractivity contribution in [3.8, 4) is 0 Å². The van der Waals surface area contributed by atoms with E-state index in [9.17, 15) is 31.1 Å². The fraction of sp³-hybridized carbons (Fsp3) is 0.833. The third-order valence-corrected chi connectivity index (χ3v) is 7.81. The van der Waals surface area contributed by atoms with E-state index < -0.39 is 35.6 Å². The highest BCUT2D eigenvalue weighted by Crippen LogP contribution is 2.67. The third-order valence-electron chi connectivity index (χ3n) is 7.11. The second kappa shape index (κ2) is 6.07. The summed E-state index contributed by atoms with van der Waals surface area (Å²) in [6.07, 6.45) is -4.01. The van der Waals surface area contributed by atoms with E-state index in [1.807, 2.05) is 0 Å². The number of rotatable bonds is 4. The first-order valence-electron chi connectivity index (χ1n) is 9.03. The van der Waals surface area contributed by atoms with Crippen molar-refractivity contribution in [1.82, 2.24) is 0 Å². The molecule has 4 rings (SSSR count). The number of carbonyl (C=O) groups is 1. The molecule has 7 unspecified atom stereocenters. The van der Waals surface area contributed by atoms with Gasteiger partial charge in [-0.3, -0.25) is 4.79 Å². The molecule has 0 radical (unpaired) electrons. The largest absolute Gasteiger partial charge is 0.438 e. The number of thioether (sulfide) groups is 1.